The molecule has 0 unspecified atom stereocenters. The number of aromatic nitrogens is 4. The van der Waals surface area contributed by atoms with Crippen molar-refractivity contribution in [2.75, 3.05) is 6.61 Å². The third-order valence-corrected chi connectivity index (χ3v) is 7.96. The minimum absolute atomic E-state index is 0.228. The first-order valence-electron chi connectivity index (χ1n) is 12.8. The molecule has 1 aliphatic rings. The molecule has 1 saturated carbocycles. The van der Waals surface area contributed by atoms with Gasteiger partial charge in [-0.25, -0.2) is 9.78 Å². The lowest BCUT2D eigenvalue weighted by molar-refractivity contribution is 0.0416. The topological polar surface area (TPSA) is 80.8 Å². The summed E-state index contributed by atoms with van der Waals surface area (Å²) in [5, 5.41) is 3.01. The second kappa shape index (κ2) is 10.3. The van der Waals surface area contributed by atoms with Crippen LogP contribution in [0, 0.1) is 12.8 Å². The van der Waals surface area contributed by atoms with E-state index in [1.807, 2.05) is 54.9 Å². The zero-order chi connectivity index (χ0) is 25.2. The normalized spacial score (nSPS) is 14.2. The van der Waals surface area contributed by atoms with Crippen molar-refractivity contribution in [1.29, 1.82) is 0 Å². The first kappa shape index (κ1) is 23.6. The number of hydrogen-bond donors (Lipinski definition) is 1. The van der Waals surface area contributed by atoms with E-state index >= 15 is 0 Å². The molecule has 0 aliphatic heterocycles. The number of nitrogens with one attached hydrogen (secondary N) is 1. The van der Waals surface area contributed by atoms with Crippen molar-refractivity contribution in [2.45, 2.75) is 39.0 Å². The molecule has 1 aromatic carbocycles. The first-order chi connectivity index (χ1) is 18.1. The van der Waals surface area contributed by atoms with Gasteiger partial charge >= 0.3 is 5.97 Å². The van der Waals surface area contributed by atoms with Gasteiger partial charge in [0.2, 0.25) is 0 Å². The molecule has 186 valence electrons. The van der Waals surface area contributed by atoms with Crippen LogP contribution in [-0.4, -0.2) is 32.5 Å². The molecule has 37 heavy (non-hydrogen) atoms. The predicted molar refractivity (Wildman–Crippen MR) is 147 cm³/mol. The fourth-order valence-corrected chi connectivity index (χ4v) is 5.85. The number of benzene rings is 1. The summed E-state index contributed by atoms with van der Waals surface area (Å²) in [5.74, 6) is 0.279. The molecule has 1 aliphatic carbocycles. The summed E-state index contributed by atoms with van der Waals surface area (Å²) < 4.78 is 5.64. The Morgan fingerprint density at radius 2 is 1.89 bits per heavy atom. The number of rotatable bonds is 6. The minimum atomic E-state index is -0.228. The monoisotopic (exact) mass is 508 g/mol. The molecular formula is C30H28N4O2S. The summed E-state index contributed by atoms with van der Waals surface area (Å²) in [4.78, 5) is 30.4. The van der Waals surface area contributed by atoms with E-state index in [0.29, 0.717) is 17.4 Å². The van der Waals surface area contributed by atoms with Crippen molar-refractivity contribution in [2.24, 2.45) is 5.92 Å². The Hall–Kier alpha value is -3.84. The van der Waals surface area contributed by atoms with Crippen LogP contribution in [0.1, 0.15) is 47.5 Å². The van der Waals surface area contributed by atoms with Crippen LogP contribution in [0.5, 0.6) is 0 Å². The van der Waals surface area contributed by atoms with Crippen LogP contribution < -0.4 is 0 Å². The number of nitrogens with zero attached hydrogens (tertiary/aromatic N) is 3. The van der Waals surface area contributed by atoms with Gasteiger partial charge in [0.05, 0.1) is 35.5 Å². The number of aromatic amines is 1. The van der Waals surface area contributed by atoms with Crippen LogP contribution >= 0.6 is 11.3 Å². The fraction of sp³-hybridized carbons (Fsp3) is 0.267. The van der Waals surface area contributed by atoms with Gasteiger partial charge in [-0.3, -0.25) is 9.97 Å². The highest BCUT2D eigenvalue weighted by molar-refractivity contribution is 7.12. The molecule has 6 rings (SSSR count). The number of aryl methyl sites for hydroxylation is 1. The highest BCUT2D eigenvalue weighted by atomic mass is 32.1. The van der Waals surface area contributed by atoms with E-state index in [1.165, 1.54) is 30.6 Å². The van der Waals surface area contributed by atoms with Crippen molar-refractivity contribution in [3.8, 4) is 33.8 Å². The molecule has 1 fully saturated rings. The van der Waals surface area contributed by atoms with Crippen molar-refractivity contribution >= 4 is 28.2 Å². The lowest BCUT2D eigenvalue weighted by Crippen LogP contribution is -2.16. The maximum atomic E-state index is 12.6. The average molecular weight is 509 g/mol. The molecule has 0 amide bonds. The van der Waals surface area contributed by atoms with Gasteiger partial charge in [0.15, 0.2) is 0 Å². The third-order valence-electron chi connectivity index (χ3n) is 7.05. The van der Waals surface area contributed by atoms with Gasteiger partial charge in [-0.15, -0.1) is 11.3 Å². The van der Waals surface area contributed by atoms with Crippen molar-refractivity contribution in [3.63, 3.8) is 0 Å². The smallest absolute Gasteiger partial charge is 0.348 e. The number of fused-ring (bicyclic) bond motifs is 1. The van der Waals surface area contributed by atoms with E-state index in [1.54, 1.807) is 6.33 Å². The second-order valence-electron chi connectivity index (χ2n) is 9.72. The van der Waals surface area contributed by atoms with Crippen LogP contribution in [0.25, 0.3) is 44.7 Å². The Morgan fingerprint density at radius 3 is 2.76 bits per heavy atom. The molecule has 0 saturated heterocycles. The molecule has 7 heteroatoms. The van der Waals surface area contributed by atoms with E-state index in [9.17, 15) is 4.79 Å². The number of carbonyl (C=O) groups is 1. The summed E-state index contributed by atoms with van der Waals surface area (Å²) in [5.41, 5.74) is 7.39. The van der Waals surface area contributed by atoms with Crippen LogP contribution in [0.2, 0.25) is 0 Å². The lowest BCUT2D eigenvalue weighted by atomic mass is 9.90. The zero-order valence-electron chi connectivity index (χ0n) is 20.7. The molecule has 0 atom stereocenters. The molecule has 5 aromatic rings. The van der Waals surface area contributed by atoms with Crippen molar-refractivity contribution in [1.82, 2.24) is 19.9 Å². The Kier molecular flexibility index (Phi) is 6.53. The Labute approximate surface area is 219 Å². The largest absolute Gasteiger partial charge is 0.461 e. The Morgan fingerprint density at radius 1 is 1.03 bits per heavy atom. The van der Waals surface area contributed by atoms with Gasteiger partial charge in [0.1, 0.15) is 4.88 Å². The quantitative estimate of drug-likeness (QED) is 0.241. The number of pyridine rings is 2. The van der Waals surface area contributed by atoms with Gasteiger partial charge in [0.25, 0.3) is 0 Å². The Bertz CT molecular complexity index is 1560. The van der Waals surface area contributed by atoms with Crippen LogP contribution in [-0.2, 0) is 4.74 Å². The number of carbonyl (C=O) groups excluding carboxylic acids is 1. The Balaban J connectivity index is 1.24. The maximum Gasteiger partial charge on any atom is 0.348 e. The van der Waals surface area contributed by atoms with Crippen LogP contribution in [0.3, 0.4) is 0 Å². The molecular weight excluding hydrogens is 480 g/mol. The molecule has 6 nitrogen and oxygen atoms in total. The standard InChI is InChI=1S/C30H28N4O2S/c1-19-6-5-9-26(34-19)29-28(32-18-33-29)21-10-11-25-22(12-21)13-23(15-31-25)24-14-27(37-17-24)30(35)36-16-20-7-3-2-4-8-20/h5-6,9-15,17-18,20H,2-4,7-8,16H2,1H3,(H,32,33). The number of ether oxygens (including phenoxy) is 1. The highest BCUT2D eigenvalue weighted by Gasteiger charge is 2.18. The van der Waals surface area contributed by atoms with Crippen LogP contribution in [0.4, 0.5) is 0 Å². The SMILES string of the molecule is Cc1cccc(-c2[nH]cnc2-c2ccc3ncc(-c4csc(C(=O)OCC5CCCCC5)c4)cc3c2)n1. The van der Waals surface area contributed by atoms with E-state index in [-0.39, 0.29) is 5.97 Å². The summed E-state index contributed by atoms with van der Waals surface area (Å²) in [6.07, 6.45) is 9.67. The molecule has 1 N–H and O–H groups in total. The van der Waals surface area contributed by atoms with E-state index in [0.717, 1.165) is 63.2 Å². The number of imidazole rings is 1. The van der Waals surface area contributed by atoms with E-state index in [2.05, 4.69) is 32.1 Å². The van der Waals surface area contributed by atoms with Gasteiger partial charge in [-0.2, -0.15) is 0 Å². The molecule has 4 aromatic heterocycles. The average Bonchev–Trinajstić information content (AvgIpc) is 3.62. The third kappa shape index (κ3) is 5.04. The zero-order valence-corrected chi connectivity index (χ0v) is 21.6. The van der Waals surface area contributed by atoms with Crippen molar-refractivity contribution in [3.05, 3.63) is 77.0 Å². The summed E-state index contributed by atoms with van der Waals surface area (Å²) >= 11 is 1.42. The first-order valence-corrected chi connectivity index (χ1v) is 13.7. The van der Waals surface area contributed by atoms with E-state index in [4.69, 9.17) is 4.74 Å². The number of hydrogen-bond acceptors (Lipinski definition) is 6. The molecule has 0 radical (unpaired) electrons. The number of esters is 1. The summed E-state index contributed by atoms with van der Waals surface area (Å²) in [6.45, 7) is 2.51. The number of H-pyrrole nitrogens is 1. The highest BCUT2D eigenvalue weighted by Crippen LogP contribution is 2.33. The van der Waals surface area contributed by atoms with Gasteiger partial charge in [0, 0.05) is 28.4 Å². The summed E-state index contributed by atoms with van der Waals surface area (Å²) in [7, 11) is 0. The van der Waals surface area contributed by atoms with Gasteiger partial charge < -0.3 is 9.72 Å². The summed E-state index contributed by atoms with van der Waals surface area (Å²) in [6, 6.07) is 16.1. The van der Waals surface area contributed by atoms with E-state index < -0.39 is 0 Å². The molecule has 0 bridgehead atoms. The maximum absolute atomic E-state index is 12.6. The minimum Gasteiger partial charge on any atom is -0.461 e. The molecule has 0 spiro atoms. The van der Waals surface area contributed by atoms with Gasteiger partial charge in [-0.05, 0) is 73.0 Å². The lowest BCUT2D eigenvalue weighted by Gasteiger charge is -2.20. The van der Waals surface area contributed by atoms with Crippen molar-refractivity contribution < 1.29 is 9.53 Å². The predicted octanol–water partition coefficient (Wildman–Crippen LogP) is 7.46. The van der Waals surface area contributed by atoms with Crippen LogP contribution in [0.15, 0.2) is 66.4 Å². The number of thiophene rings is 1. The molecule has 4 heterocycles. The second-order valence-corrected chi connectivity index (χ2v) is 10.6. The fourth-order valence-electron chi connectivity index (χ4n) is 5.04. The van der Waals surface area contributed by atoms with Gasteiger partial charge in [-0.1, -0.05) is 31.4 Å².